The minimum Gasteiger partial charge on any atom is -0.296 e. The van der Waals surface area contributed by atoms with Gasteiger partial charge in [0.15, 0.2) is 0 Å². The first-order chi connectivity index (χ1) is 9.97. The van der Waals surface area contributed by atoms with Gasteiger partial charge in [-0.05, 0) is 25.1 Å². The third-order valence-corrected chi connectivity index (χ3v) is 3.85. The Morgan fingerprint density at radius 2 is 1.90 bits per heavy atom. The van der Waals surface area contributed by atoms with Gasteiger partial charge in [-0.2, -0.15) is 0 Å². The molecule has 0 aliphatic carbocycles. The normalized spacial score (nSPS) is 13.5. The van der Waals surface area contributed by atoms with Crippen molar-refractivity contribution < 1.29 is 14.4 Å². The molecule has 1 aliphatic heterocycles. The molecule has 0 saturated carbocycles. The number of amides is 3. The van der Waals surface area contributed by atoms with E-state index in [1.165, 1.54) is 36.6 Å². The molecule has 1 aliphatic rings. The number of aromatic nitrogens is 2. The molecule has 1 aromatic carbocycles. The Kier molecular flexibility index (Phi) is 3.02. The summed E-state index contributed by atoms with van der Waals surface area (Å²) < 4.78 is 0. The van der Waals surface area contributed by atoms with E-state index in [2.05, 4.69) is 15.5 Å². The van der Waals surface area contributed by atoms with Gasteiger partial charge in [-0.3, -0.25) is 24.6 Å². The van der Waals surface area contributed by atoms with Crippen LogP contribution in [-0.2, 0) is 0 Å². The van der Waals surface area contributed by atoms with Crippen LogP contribution in [0, 0.1) is 6.92 Å². The lowest BCUT2D eigenvalue weighted by Gasteiger charge is -2.03. The number of carbonyl (C=O) groups is 3. The number of anilines is 1. The van der Waals surface area contributed by atoms with Crippen molar-refractivity contribution in [1.82, 2.24) is 15.1 Å². The van der Waals surface area contributed by atoms with Gasteiger partial charge in [-0.1, -0.05) is 11.3 Å². The van der Waals surface area contributed by atoms with Crippen LogP contribution in [0.2, 0.25) is 0 Å². The molecule has 0 saturated heterocycles. The average Bonchev–Trinajstić information content (AvgIpc) is 2.97. The Labute approximate surface area is 123 Å². The van der Waals surface area contributed by atoms with Gasteiger partial charge in [0.25, 0.3) is 17.7 Å². The lowest BCUT2D eigenvalue weighted by atomic mass is 10.1. The molecule has 1 N–H and O–H groups in total. The maximum absolute atomic E-state index is 12.1. The third kappa shape index (κ3) is 2.19. The zero-order valence-electron chi connectivity index (χ0n) is 11.2. The number of nitrogens with zero attached hydrogens (tertiary/aromatic N) is 3. The van der Waals surface area contributed by atoms with Crippen molar-refractivity contribution in [2.45, 2.75) is 6.92 Å². The lowest BCUT2D eigenvalue weighted by molar-refractivity contribution is 0.0693. The molecule has 3 amide bonds. The Morgan fingerprint density at radius 3 is 2.57 bits per heavy atom. The zero-order chi connectivity index (χ0) is 15.1. The van der Waals surface area contributed by atoms with E-state index in [4.69, 9.17) is 0 Å². The summed E-state index contributed by atoms with van der Waals surface area (Å²) in [7, 11) is 1.41. The number of imide groups is 1. The fourth-order valence-electron chi connectivity index (χ4n) is 2.02. The number of rotatable bonds is 2. The van der Waals surface area contributed by atoms with E-state index in [1.54, 1.807) is 6.92 Å². The molecule has 0 radical (unpaired) electrons. The van der Waals surface area contributed by atoms with E-state index in [-0.39, 0.29) is 17.0 Å². The predicted octanol–water partition coefficient (Wildman–Crippen LogP) is 1.32. The topological polar surface area (TPSA) is 92.3 Å². The van der Waals surface area contributed by atoms with Crippen LogP contribution >= 0.6 is 11.3 Å². The number of aryl methyl sites for hydroxylation is 1. The molecular formula is C13H10N4O3S. The number of fused-ring (bicyclic) bond motifs is 1. The Balaban J connectivity index is 1.89. The van der Waals surface area contributed by atoms with Crippen molar-refractivity contribution in [3.05, 3.63) is 39.9 Å². The number of nitrogens with one attached hydrogen (secondary N) is 1. The summed E-state index contributed by atoms with van der Waals surface area (Å²) in [5, 5.41) is 11.3. The second-order valence-corrected chi connectivity index (χ2v) is 5.69. The third-order valence-electron chi connectivity index (χ3n) is 3.10. The fraction of sp³-hybridized carbons (Fsp3) is 0.154. The van der Waals surface area contributed by atoms with Crippen LogP contribution in [0.5, 0.6) is 0 Å². The second kappa shape index (κ2) is 4.74. The first-order valence-corrected chi connectivity index (χ1v) is 6.87. The van der Waals surface area contributed by atoms with Crippen LogP contribution in [0.15, 0.2) is 18.2 Å². The molecule has 1 aromatic heterocycles. The number of carbonyl (C=O) groups excluding carboxylic acids is 3. The fourth-order valence-corrected chi connectivity index (χ4v) is 2.61. The quantitative estimate of drug-likeness (QED) is 0.845. The van der Waals surface area contributed by atoms with Crippen LogP contribution in [-0.4, -0.2) is 39.9 Å². The molecule has 2 aromatic rings. The zero-order valence-corrected chi connectivity index (χ0v) is 12.0. The minimum atomic E-state index is -0.406. The summed E-state index contributed by atoms with van der Waals surface area (Å²) in [6, 6.07) is 4.41. The summed E-state index contributed by atoms with van der Waals surface area (Å²) in [6.45, 7) is 1.78. The highest BCUT2D eigenvalue weighted by Gasteiger charge is 2.33. The van der Waals surface area contributed by atoms with Gasteiger partial charge in [0.05, 0.1) is 11.1 Å². The van der Waals surface area contributed by atoms with E-state index in [0.717, 1.165) is 9.91 Å². The first-order valence-electron chi connectivity index (χ1n) is 6.05. The molecular weight excluding hydrogens is 292 g/mol. The van der Waals surface area contributed by atoms with Gasteiger partial charge in [0.1, 0.15) is 5.01 Å². The van der Waals surface area contributed by atoms with Crippen molar-refractivity contribution in [3.63, 3.8) is 0 Å². The van der Waals surface area contributed by atoms with Gasteiger partial charge in [-0.15, -0.1) is 10.2 Å². The molecule has 106 valence electrons. The van der Waals surface area contributed by atoms with Crippen LogP contribution < -0.4 is 5.32 Å². The maximum atomic E-state index is 12.1. The largest absolute Gasteiger partial charge is 0.296 e. The van der Waals surface area contributed by atoms with Gasteiger partial charge < -0.3 is 0 Å². The summed E-state index contributed by atoms with van der Waals surface area (Å²) in [5.41, 5.74) is 0.840. The summed E-state index contributed by atoms with van der Waals surface area (Å²) in [6.07, 6.45) is 0. The van der Waals surface area contributed by atoms with E-state index >= 15 is 0 Å². The summed E-state index contributed by atoms with van der Waals surface area (Å²) in [4.78, 5) is 36.8. The van der Waals surface area contributed by atoms with Crippen molar-refractivity contribution in [1.29, 1.82) is 0 Å². The molecule has 0 fully saturated rings. The highest BCUT2D eigenvalue weighted by atomic mass is 32.1. The van der Waals surface area contributed by atoms with Gasteiger partial charge in [0.2, 0.25) is 5.13 Å². The van der Waals surface area contributed by atoms with Gasteiger partial charge >= 0.3 is 0 Å². The van der Waals surface area contributed by atoms with Crippen molar-refractivity contribution >= 4 is 34.2 Å². The predicted molar refractivity (Wildman–Crippen MR) is 75.5 cm³/mol. The van der Waals surface area contributed by atoms with Gasteiger partial charge in [-0.25, -0.2) is 0 Å². The Bertz CT molecular complexity index is 783. The van der Waals surface area contributed by atoms with Crippen molar-refractivity contribution in [2.75, 3.05) is 12.4 Å². The molecule has 21 heavy (non-hydrogen) atoms. The summed E-state index contributed by atoms with van der Waals surface area (Å²) >= 11 is 1.25. The highest BCUT2D eigenvalue weighted by Crippen LogP contribution is 2.23. The number of hydrogen-bond donors (Lipinski definition) is 1. The minimum absolute atomic E-state index is 0.239. The number of benzene rings is 1. The van der Waals surface area contributed by atoms with E-state index in [1.807, 2.05) is 0 Å². The number of hydrogen-bond acceptors (Lipinski definition) is 6. The maximum Gasteiger partial charge on any atom is 0.261 e. The Hall–Kier alpha value is -2.61. The molecule has 8 heteroatoms. The van der Waals surface area contributed by atoms with Crippen LogP contribution in [0.3, 0.4) is 0 Å². The van der Waals surface area contributed by atoms with E-state index in [9.17, 15) is 14.4 Å². The lowest BCUT2D eigenvalue weighted by Crippen LogP contribution is -2.24. The van der Waals surface area contributed by atoms with Crippen molar-refractivity contribution in [2.24, 2.45) is 0 Å². The van der Waals surface area contributed by atoms with Crippen molar-refractivity contribution in [3.8, 4) is 0 Å². The first kappa shape index (κ1) is 13.4. The molecule has 7 nitrogen and oxygen atoms in total. The average molecular weight is 302 g/mol. The second-order valence-electron chi connectivity index (χ2n) is 4.51. The van der Waals surface area contributed by atoms with E-state index < -0.39 is 11.8 Å². The SMILES string of the molecule is Cc1nnc(NC(=O)c2ccc3c(c2)C(=O)N(C)C3=O)s1. The Morgan fingerprint density at radius 1 is 1.19 bits per heavy atom. The molecule has 0 unspecified atom stereocenters. The molecule has 0 atom stereocenters. The van der Waals surface area contributed by atoms with E-state index in [0.29, 0.717) is 10.7 Å². The molecule has 3 rings (SSSR count). The highest BCUT2D eigenvalue weighted by molar-refractivity contribution is 7.15. The van der Waals surface area contributed by atoms with Crippen LogP contribution in [0.1, 0.15) is 36.1 Å². The molecule has 2 heterocycles. The standard InChI is InChI=1S/C13H10N4O3S/c1-6-15-16-13(21-6)14-10(18)7-3-4-8-9(5-7)12(20)17(2)11(8)19/h3-5H,1-2H3,(H,14,16,18). The molecule has 0 spiro atoms. The van der Waals surface area contributed by atoms with Gasteiger partial charge in [0, 0.05) is 12.6 Å². The smallest absolute Gasteiger partial charge is 0.261 e. The van der Waals surface area contributed by atoms with Crippen LogP contribution in [0.25, 0.3) is 0 Å². The summed E-state index contributed by atoms with van der Waals surface area (Å²) in [5.74, 6) is -1.16. The van der Waals surface area contributed by atoms with Crippen LogP contribution in [0.4, 0.5) is 5.13 Å². The monoisotopic (exact) mass is 302 g/mol. The molecule has 0 bridgehead atoms.